The van der Waals surface area contributed by atoms with Gasteiger partial charge in [0.1, 0.15) is 0 Å². The summed E-state index contributed by atoms with van der Waals surface area (Å²) in [5, 5.41) is 8.66. The van der Waals surface area contributed by atoms with Crippen LogP contribution in [-0.2, 0) is 12.8 Å². The SMILES string of the molecule is O=C(O)c1ncc2c(n1)CCCC2. The number of carboxylic acid groups (broad SMARTS) is 1. The van der Waals surface area contributed by atoms with Gasteiger partial charge in [-0.1, -0.05) is 0 Å². The van der Waals surface area contributed by atoms with Gasteiger partial charge in [0.15, 0.2) is 0 Å². The summed E-state index contributed by atoms with van der Waals surface area (Å²) < 4.78 is 0. The Labute approximate surface area is 75.6 Å². The lowest BCUT2D eigenvalue weighted by Crippen LogP contribution is -2.12. The van der Waals surface area contributed by atoms with Crippen molar-refractivity contribution in [2.45, 2.75) is 25.7 Å². The first kappa shape index (κ1) is 8.16. The molecule has 13 heavy (non-hydrogen) atoms. The Kier molecular flexibility index (Phi) is 1.96. The van der Waals surface area contributed by atoms with Gasteiger partial charge in [0.2, 0.25) is 5.82 Å². The molecule has 1 aromatic heterocycles. The Bertz CT molecular complexity index is 349. The average Bonchev–Trinajstić information content (AvgIpc) is 2.17. The fraction of sp³-hybridized carbons (Fsp3) is 0.444. The molecule has 0 fully saturated rings. The van der Waals surface area contributed by atoms with Gasteiger partial charge in [-0.15, -0.1) is 0 Å². The predicted octanol–water partition coefficient (Wildman–Crippen LogP) is 1.05. The molecule has 0 radical (unpaired) electrons. The van der Waals surface area contributed by atoms with E-state index in [1.54, 1.807) is 6.20 Å². The zero-order valence-electron chi connectivity index (χ0n) is 7.16. The number of fused-ring (bicyclic) bond motifs is 1. The van der Waals surface area contributed by atoms with Gasteiger partial charge in [-0.25, -0.2) is 14.8 Å². The average molecular weight is 178 g/mol. The van der Waals surface area contributed by atoms with Crippen molar-refractivity contribution < 1.29 is 9.90 Å². The Morgan fingerprint density at radius 2 is 2.15 bits per heavy atom. The standard InChI is InChI=1S/C9H10N2O2/c12-9(13)8-10-5-6-3-1-2-4-7(6)11-8/h5H,1-4H2,(H,12,13). The molecular weight excluding hydrogens is 168 g/mol. The molecule has 2 rings (SSSR count). The Balaban J connectivity index is 2.40. The highest BCUT2D eigenvalue weighted by atomic mass is 16.4. The fourth-order valence-corrected chi connectivity index (χ4v) is 1.58. The van der Waals surface area contributed by atoms with E-state index in [4.69, 9.17) is 5.11 Å². The van der Waals surface area contributed by atoms with Gasteiger partial charge in [-0.3, -0.25) is 0 Å². The number of aromatic carboxylic acids is 1. The monoisotopic (exact) mass is 178 g/mol. The minimum Gasteiger partial charge on any atom is -0.475 e. The summed E-state index contributed by atoms with van der Waals surface area (Å²) in [7, 11) is 0. The van der Waals surface area contributed by atoms with Crippen molar-refractivity contribution in [2.24, 2.45) is 0 Å². The number of aryl methyl sites for hydroxylation is 2. The van der Waals surface area contributed by atoms with Crippen LogP contribution in [0.1, 0.15) is 34.7 Å². The smallest absolute Gasteiger partial charge is 0.373 e. The van der Waals surface area contributed by atoms with Crippen molar-refractivity contribution in [3.8, 4) is 0 Å². The molecule has 1 aliphatic carbocycles. The Hall–Kier alpha value is -1.45. The first-order valence-electron chi connectivity index (χ1n) is 4.35. The lowest BCUT2D eigenvalue weighted by atomic mass is 9.97. The minimum absolute atomic E-state index is 0.0827. The summed E-state index contributed by atoms with van der Waals surface area (Å²) in [6.07, 6.45) is 5.77. The largest absolute Gasteiger partial charge is 0.475 e. The maximum Gasteiger partial charge on any atom is 0.373 e. The predicted molar refractivity (Wildman–Crippen MR) is 45.6 cm³/mol. The molecule has 1 N–H and O–H groups in total. The zero-order valence-corrected chi connectivity index (χ0v) is 7.16. The van der Waals surface area contributed by atoms with Gasteiger partial charge in [-0.2, -0.15) is 0 Å². The molecule has 0 amide bonds. The molecule has 0 spiro atoms. The van der Waals surface area contributed by atoms with Crippen molar-refractivity contribution in [2.75, 3.05) is 0 Å². The number of hydrogen-bond acceptors (Lipinski definition) is 3. The highest BCUT2D eigenvalue weighted by molar-refractivity contribution is 5.83. The second kappa shape index (κ2) is 3.12. The van der Waals surface area contributed by atoms with Gasteiger partial charge < -0.3 is 5.11 Å². The number of rotatable bonds is 1. The van der Waals surface area contributed by atoms with Gasteiger partial charge in [0.25, 0.3) is 0 Å². The summed E-state index contributed by atoms with van der Waals surface area (Å²) in [5.74, 6) is -1.13. The highest BCUT2D eigenvalue weighted by Gasteiger charge is 2.14. The van der Waals surface area contributed by atoms with Gasteiger partial charge in [0.05, 0.1) is 0 Å². The van der Waals surface area contributed by atoms with Crippen molar-refractivity contribution in [1.82, 2.24) is 9.97 Å². The van der Waals surface area contributed by atoms with E-state index in [0.29, 0.717) is 0 Å². The van der Waals surface area contributed by atoms with Gasteiger partial charge >= 0.3 is 5.97 Å². The van der Waals surface area contributed by atoms with Crippen LogP contribution in [0.15, 0.2) is 6.20 Å². The molecule has 1 aromatic rings. The third kappa shape index (κ3) is 1.52. The quantitative estimate of drug-likeness (QED) is 0.698. The van der Waals surface area contributed by atoms with Crippen LogP contribution in [0.2, 0.25) is 0 Å². The van der Waals surface area contributed by atoms with Crippen molar-refractivity contribution in [3.63, 3.8) is 0 Å². The van der Waals surface area contributed by atoms with E-state index in [1.165, 1.54) is 0 Å². The normalized spacial score (nSPS) is 15.1. The van der Waals surface area contributed by atoms with Crippen LogP contribution >= 0.6 is 0 Å². The van der Waals surface area contributed by atoms with Crippen molar-refractivity contribution >= 4 is 5.97 Å². The van der Waals surface area contributed by atoms with Gasteiger partial charge in [-0.05, 0) is 31.2 Å². The lowest BCUT2D eigenvalue weighted by Gasteiger charge is -2.13. The zero-order chi connectivity index (χ0) is 9.26. The summed E-state index contributed by atoms with van der Waals surface area (Å²) in [4.78, 5) is 18.3. The van der Waals surface area contributed by atoms with E-state index in [2.05, 4.69) is 9.97 Å². The summed E-state index contributed by atoms with van der Waals surface area (Å²) in [6, 6.07) is 0. The Morgan fingerprint density at radius 3 is 2.92 bits per heavy atom. The number of carboxylic acids is 1. The number of nitrogens with zero attached hydrogens (tertiary/aromatic N) is 2. The second-order valence-electron chi connectivity index (χ2n) is 3.18. The van der Waals surface area contributed by atoms with E-state index in [0.717, 1.165) is 36.9 Å². The molecular formula is C9H10N2O2. The van der Waals surface area contributed by atoms with E-state index in [9.17, 15) is 4.79 Å². The van der Waals surface area contributed by atoms with Crippen LogP contribution in [0.3, 0.4) is 0 Å². The van der Waals surface area contributed by atoms with Crippen LogP contribution in [0.25, 0.3) is 0 Å². The second-order valence-corrected chi connectivity index (χ2v) is 3.18. The molecule has 0 aliphatic heterocycles. The third-order valence-electron chi connectivity index (χ3n) is 2.26. The maximum atomic E-state index is 10.6. The van der Waals surface area contributed by atoms with E-state index in [-0.39, 0.29) is 5.82 Å². The van der Waals surface area contributed by atoms with Crippen LogP contribution in [0.5, 0.6) is 0 Å². The molecule has 0 bridgehead atoms. The lowest BCUT2D eigenvalue weighted by molar-refractivity contribution is 0.0683. The summed E-state index contributed by atoms with van der Waals surface area (Å²) in [5.41, 5.74) is 2.02. The van der Waals surface area contributed by atoms with Crippen molar-refractivity contribution in [3.05, 3.63) is 23.3 Å². The fourth-order valence-electron chi connectivity index (χ4n) is 1.58. The van der Waals surface area contributed by atoms with Crippen LogP contribution in [-0.4, -0.2) is 21.0 Å². The Morgan fingerprint density at radius 1 is 1.38 bits per heavy atom. The first-order chi connectivity index (χ1) is 6.27. The van der Waals surface area contributed by atoms with E-state index < -0.39 is 5.97 Å². The van der Waals surface area contributed by atoms with Crippen molar-refractivity contribution in [1.29, 1.82) is 0 Å². The van der Waals surface area contributed by atoms with Crippen LogP contribution in [0, 0.1) is 0 Å². The molecule has 0 atom stereocenters. The van der Waals surface area contributed by atoms with E-state index in [1.807, 2.05) is 0 Å². The number of aromatic nitrogens is 2. The molecule has 68 valence electrons. The molecule has 1 heterocycles. The topological polar surface area (TPSA) is 63.1 Å². The maximum absolute atomic E-state index is 10.6. The number of hydrogen-bond donors (Lipinski definition) is 1. The van der Waals surface area contributed by atoms with Crippen LogP contribution in [0.4, 0.5) is 0 Å². The molecule has 4 heteroatoms. The first-order valence-corrected chi connectivity index (χ1v) is 4.35. The van der Waals surface area contributed by atoms with Gasteiger partial charge in [0, 0.05) is 11.9 Å². The molecule has 0 saturated carbocycles. The molecule has 0 aromatic carbocycles. The molecule has 0 saturated heterocycles. The molecule has 1 aliphatic rings. The summed E-state index contributed by atoms with van der Waals surface area (Å²) in [6.45, 7) is 0. The molecule has 0 unspecified atom stereocenters. The third-order valence-corrected chi connectivity index (χ3v) is 2.26. The number of carbonyl (C=O) groups is 1. The highest BCUT2D eigenvalue weighted by Crippen LogP contribution is 2.17. The van der Waals surface area contributed by atoms with E-state index >= 15 is 0 Å². The molecule has 4 nitrogen and oxygen atoms in total. The van der Waals surface area contributed by atoms with Crippen LogP contribution < -0.4 is 0 Å². The minimum atomic E-state index is -1.05. The summed E-state index contributed by atoms with van der Waals surface area (Å²) >= 11 is 0.